The zero-order chi connectivity index (χ0) is 19.2. The van der Waals surface area contributed by atoms with Gasteiger partial charge in [-0.2, -0.15) is 17.0 Å². The molecule has 7 nitrogen and oxygen atoms in total. The average molecular weight is 384 g/mol. The zero-order valence-electron chi connectivity index (χ0n) is 15.8. The van der Waals surface area contributed by atoms with Crippen molar-refractivity contribution in [3.63, 3.8) is 0 Å². The molecule has 1 N–H and O–H groups in total. The molecule has 0 radical (unpaired) electrons. The minimum absolute atomic E-state index is 0.00713. The number of nitrogens with zero attached hydrogens (tertiary/aromatic N) is 2. The van der Waals surface area contributed by atoms with Crippen molar-refractivity contribution in [3.8, 4) is 5.75 Å². The van der Waals surface area contributed by atoms with Crippen LogP contribution < -0.4 is 10.1 Å². The third kappa shape index (κ3) is 5.69. The van der Waals surface area contributed by atoms with Crippen LogP contribution >= 0.6 is 0 Å². The fourth-order valence-electron chi connectivity index (χ4n) is 2.89. The number of para-hydroxylation sites is 1. The third-order valence-corrected chi connectivity index (χ3v) is 6.45. The number of piperidine rings is 1. The Morgan fingerprint density at radius 3 is 2.54 bits per heavy atom. The van der Waals surface area contributed by atoms with Gasteiger partial charge in [0.1, 0.15) is 5.75 Å². The number of benzene rings is 1. The molecule has 0 atom stereocenters. The van der Waals surface area contributed by atoms with Crippen LogP contribution in [0, 0.1) is 6.92 Å². The van der Waals surface area contributed by atoms with Crippen molar-refractivity contribution >= 4 is 16.1 Å². The summed E-state index contributed by atoms with van der Waals surface area (Å²) in [4.78, 5) is 12.1. The summed E-state index contributed by atoms with van der Waals surface area (Å²) in [5.41, 5.74) is 1.08. The lowest BCUT2D eigenvalue weighted by Crippen LogP contribution is -2.49. The van der Waals surface area contributed by atoms with Crippen molar-refractivity contribution < 1.29 is 17.9 Å². The lowest BCUT2D eigenvalue weighted by molar-refractivity contribution is -0.122. The zero-order valence-corrected chi connectivity index (χ0v) is 16.6. The number of aryl methyl sites for hydroxylation is 1. The van der Waals surface area contributed by atoms with E-state index in [0.29, 0.717) is 45.4 Å². The Hall–Kier alpha value is -1.64. The molecule has 146 valence electrons. The van der Waals surface area contributed by atoms with E-state index in [-0.39, 0.29) is 11.9 Å². The number of nitrogens with one attached hydrogen (secondary N) is 1. The standard InChI is InChI=1S/C18H29N3O4S/c1-15-7-4-5-8-17(15)25-14-6-9-18(22)19-16-10-12-21(13-11-16)26(23,24)20(2)3/h4-5,7-8,16H,6,9-14H2,1-3H3,(H,19,22). The molecule has 1 amide bonds. The van der Waals surface area contributed by atoms with Crippen LogP contribution in [-0.2, 0) is 15.0 Å². The highest BCUT2D eigenvalue weighted by Crippen LogP contribution is 2.17. The molecule has 1 aromatic rings. The summed E-state index contributed by atoms with van der Waals surface area (Å²) in [5, 5.41) is 3.00. The second-order valence-electron chi connectivity index (χ2n) is 6.75. The number of rotatable bonds is 8. The van der Waals surface area contributed by atoms with Gasteiger partial charge in [0.15, 0.2) is 0 Å². The van der Waals surface area contributed by atoms with Crippen molar-refractivity contribution in [1.29, 1.82) is 0 Å². The molecular formula is C18H29N3O4S. The summed E-state index contributed by atoms with van der Waals surface area (Å²) in [6.45, 7) is 3.35. The van der Waals surface area contributed by atoms with Crippen molar-refractivity contribution in [3.05, 3.63) is 29.8 Å². The Balaban J connectivity index is 1.66. The topological polar surface area (TPSA) is 79.0 Å². The summed E-state index contributed by atoms with van der Waals surface area (Å²) < 4.78 is 32.5. The number of amides is 1. The van der Waals surface area contributed by atoms with Crippen LogP contribution in [0.15, 0.2) is 24.3 Å². The maximum atomic E-state index is 12.1. The monoisotopic (exact) mass is 383 g/mol. The Kier molecular flexibility index (Phi) is 7.43. The predicted octanol–water partition coefficient (Wildman–Crippen LogP) is 1.54. The molecule has 1 aliphatic rings. The molecule has 1 fully saturated rings. The van der Waals surface area contributed by atoms with E-state index in [2.05, 4.69) is 5.32 Å². The summed E-state index contributed by atoms with van der Waals surface area (Å²) in [5.74, 6) is 0.842. The van der Waals surface area contributed by atoms with Crippen LogP contribution in [0.1, 0.15) is 31.2 Å². The van der Waals surface area contributed by atoms with Crippen molar-refractivity contribution in [2.75, 3.05) is 33.8 Å². The number of hydrogen-bond acceptors (Lipinski definition) is 4. The van der Waals surface area contributed by atoms with Crippen LogP contribution in [0.2, 0.25) is 0 Å². The number of ether oxygens (including phenoxy) is 1. The molecule has 0 spiro atoms. The Morgan fingerprint density at radius 2 is 1.92 bits per heavy atom. The molecule has 8 heteroatoms. The molecule has 1 heterocycles. The highest BCUT2D eigenvalue weighted by Gasteiger charge is 2.29. The number of hydrogen-bond donors (Lipinski definition) is 1. The first-order valence-electron chi connectivity index (χ1n) is 8.96. The van der Waals surface area contributed by atoms with Gasteiger partial charge in [0.2, 0.25) is 5.91 Å². The van der Waals surface area contributed by atoms with Crippen molar-refractivity contribution in [2.45, 2.75) is 38.6 Å². The van der Waals surface area contributed by atoms with E-state index in [1.54, 1.807) is 0 Å². The van der Waals surface area contributed by atoms with Gasteiger partial charge in [-0.15, -0.1) is 0 Å². The lowest BCUT2D eigenvalue weighted by atomic mass is 10.1. The summed E-state index contributed by atoms with van der Waals surface area (Å²) >= 11 is 0. The highest BCUT2D eigenvalue weighted by atomic mass is 32.2. The number of carbonyl (C=O) groups is 1. The largest absolute Gasteiger partial charge is 0.493 e. The van der Waals surface area contributed by atoms with E-state index in [1.165, 1.54) is 22.7 Å². The lowest BCUT2D eigenvalue weighted by Gasteiger charge is -2.33. The minimum Gasteiger partial charge on any atom is -0.493 e. The van der Waals surface area contributed by atoms with E-state index in [1.807, 2.05) is 31.2 Å². The molecule has 2 rings (SSSR count). The van der Waals surface area contributed by atoms with Gasteiger partial charge in [-0.05, 0) is 37.8 Å². The molecule has 0 unspecified atom stereocenters. The van der Waals surface area contributed by atoms with Gasteiger partial charge < -0.3 is 10.1 Å². The van der Waals surface area contributed by atoms with Crippen LogP contribution in [0.3, 0.4) is 0 Å². The van der Waals surface area contributed by atoms with Crippen LogP contribution in [0.25, 0.3) is 0 Å². The van der Waals surface area contributed by atoms with Gasteiger partial charge in [-0.1, -0.05) is 18.2 Å². The maximum absolute atomic E-state index is 12.1. The van der Waals surface area contributed by atoms with Gasteiger partial charge >= 0.3 is 0 Å². The third-order valence-electron chi connectivity index (χ3n) is 4.51. The smallest absolute Gasteiger partial charge is 0.281 e. The molecule has 0 bridgehead atoms. The van der Waals surface area contributed by atoms with E-state index in [4.69, 9.17) is 4.74 Å². The van der Waals surface area contributed by atoms with E-state index in [0.717, 1.165) is 11.3 Å². The molecule has 1 aliphatic heterocycles. The molecule has 0 saturated carbocycles. The summed E-state index contributed by atoms with van der Waals surface area (Å²) in [6, 6.07) is 7.84. The van der Waals surface area contributed by atoms with Gasteiger partial charge in [-0.3, -0.25) is 4.79 Å². The fourth-order valence-corrected chi connectivity index (χ4v) is 4.03. The summed E-state index contributed by atoms with van der Waals surface area (Å²) in [7, 11) is -0.302. The Bertz CT molecular complexity index is 698. The van der Waals surface area contributed by atoms with Crippen molar-refractivity contribution in [2.24, 2.45) is 0 Å². The van der Waals surface area contributed by atoms with E-state index in [9.17, 15) is 13.2 Å². The molecule has 0 aromatic heterocycles. The number of carbonyl (C=O) groups excluding carboxylic acids is 1. The Morgan fingerprint density at radius 1 is 1.27 bits per heavy atom. The minimum atomic E-state index is -3.36. The Labute approximate surface area is 156 Å². The highest BCUT2D eigenvalue weighted by molar-refractivity contribution is 7.86. The second kappa shape index (κ2) is 9.34. The molecule has 0 aliphatic carbocycles. The predicted molar refractivity (Wildman–Crippen MR) is 101 cm³/mol. The van der Waals surface area contributed by atoms with Crippen LogP contribution in [0.4, 0.5) is 0 Å². The van der Waals surface area contributed by atoms with Crippen LogP contribution in [-0.4, -0.2) is 62.8 Å². The first-order chi connectivity index (χ1) is 12.3. The molecular weight excluding hydrogens is 354 g/mol. The van der Waals surface area contributed by atoms with Gasteiger partial charge in [0.05, 0.1) is 6.61 Å². The van der Waals surface area contributed by atoms with Gasteiger partial charge in [0.25, 0.3) is 10.2 Å². The van der Waals surface area contributed by atoms with E-state index >= 15 is 0 Å². The van der Waals surface area contributed by atoms with Gasteiger partial charge in [0, 0.05) is 39.6 Å². The second-order valence-corrected chi connectivity index (χ2v) is 8.89. The fraction of sp³-hybridized carbons (Fsp3) is 0.611. The normalized spacial score (nSPS) is 16.6. The molecule has 1 saturated heterocycles. The average Bonchev–Trinajstić information content (AvgIpc) is 2.60. The molecule has 1 aromatic carbocycles. The van der Waals surface area contributed by atoms with Crippen molar-refractivity contribution in [1.82, 2.24) is 13.9 Å². The maximum Gasteiger partial charge on any atom is 0.281 e. The first-order valence-corrected chi connectivity index (χ1v) is 10.4. The van der Waals surface area contributed by atoms with E-state index < -0.39 is 10.2 Å². The molecule has 26 heavy (non-hydrogen) atoms. The summed E-state index contributed by atoms with van der Waals surface area (Å²) in [6.07, 6.45) is 2.33. The van der Waals surface area contributed by atoms with Gasteiger partial charge in [-0.25, -0.2) is 0 Å². The van der Waals surface area contributed by atoms with Crippen LogP contribution in [0.5, 0.6) is 5.75 Å². The first kappa shape index (κ1) is 20.7. The quantitative estimate of drug-likeness (QED) is 0.691. The SMILES string of the molecule is Cc1ccccc1OCCCC(=O)NC1CCN(S(=O)(=O)N(C)C)CC1.